The lowest BCUT2D eigenvalue weighted by Crippen LogP contribution is -2.47. The quantitative estimate of drug-likeness (QED) is 0.720. The van der Waals surface area contributed by atoms with E-state index in [4.69, 9.17) is 10.5 Å². The van der Waals surface area contributed by atoms with Crippen LogP contribution in [0.25, 0.3) is 0 Å². The van der Waals surface area contributed by atoms with Crippen LogP contribution in [0, 0.1) is 17.7 Å². The molecule has 0 bridgehead atoms. The zero-order chi connectivity index (χ0) is 20.8. The largest absolute Gasteiger partial charge is 0.367 e. The molecule has 1 aliphatic heterocycles. The Morgan fingerprint density at radius 1 is 1.14 bits per heavy atom. The third kappa shape index (κ3) is 6.16. The summed E-state index contributed by atoms with van der Waals surface area (Å²) in [5.41, 5.74) is 6.29. The fourth-order valence-electron chi connectivity index (χ4n) is 4.77. The maximum Gasteiger partial charge on any atom is 0.246 e. The van der Waals surface area contributed by atoms with E-state index in [1.165, 1.54) is 12.5 Å². The van der Waals surface area contributed by atoms with E-state index >= 15 is 0 Å². The molecule has 2 aliphatic rings. The van der Waals surface area contributed by atoms with Gasteiger partial charge in [0.25, 0.3) is 0 Å². The molecule has 3 rings (SSSR count). The molecule has 162 valence electrons. The third-order valence-corrected chi connectivity index (χ3v) is 6.44. The number of para-hydroxylation sites is 1. The van der Waals surface area contributed by atoms with Gasteiger partial charge < -0.3 is 15.4 Å². The lowest BCUT2D eigenvalue weighted by atomic mass is 9.78. The van der Waals surface area contributed by atoms with Crippen LogP contribution in [0.1, 0.15) is 46.0 Å². The van der Waals surface area contributed by atoms with Gasteiger partial charge in [-0.3, -0.25) is 9.69 Å². The Morgan fingerprint density at radius 3 is 2.38 bits per heavy atom. The Hall–Kier alpha value is -1.66. The zero-order valence-electron chi connectivity index (χ0n) is 17.9. The van der Waals surface area contributed by atoms with Crippen molar-refractivity contribution >= 4 is 11.6 Å². The molecular weight excluding hydrogens is 369 g/mol. The van der Waals surface area contributed by atoms with Crippen molar-refractivity contribution in [3.63, 3.8) is 0 Å². The number of hydrogen-bond donors (Lipinski definition) is 1. The lowest BCUT2D eigenvalue weighted by molar-refractivity contribution is -0.138. The van der Waals surface area contributed by atoms with E-state index in [0.717, 1.165) is 64.1 Å². The second kappa shape index (κ2) is 10.4. The zero-order valence-corrected chi connectivity index (χ0v) is 17.9. The molecule has 1 aliphatic carbocycles. The Kier molecular flexibility index (Phi) is 7.90. The summed E-state index contributed by atoms with van der Waals surface area (Å²) in [5, 5.41) is 0. The van der Waals surface area contributed by atoms with Crippen molar-refractivity contribution in [1.29, 1.82) is 0 Å². The number of halogens is 1. The molecule has 1 heterocycles. The van der Waals surface area contributed by atoms with Gasteiger partial charge >= 0.3 is 0 Å². The van der Waals surface area contributed by atoms with Gasteiger partial charge in [0.2, 0.25) is 5.91 Å². The number of carbonyl (C=O) groups excluding carboxylic acids is 1. The highest BCUT2D eigenvalue weighted by atomic mass is 19.1. The van der Waals surface area contributed by atoms with Crippen molar-refractivity contribution in [2.45, 2.75) is 58.2 Å². The van der Waals surface area contributed by atoms with Crippen LogP contribution >= 0.6 is 0 Å². The van der Waals surface area contributed by atoms with Crippen molar-refractivity contribution in [2.75, 3.05) is 37.6 Å². The van der Waals surface area contributed by atoms with Crippen LogP contribution in [0.2, 0.25) is 0 Å². The van der Waals surface area contributed by atoms with Gasteiger partial charge in [-0.25, -0.2) is 4.39 Å². The summed E-state index contributed by atoms with van der Waals surface area (Å²) >= 11 is 0. The lowest BCUT2D eigenvalue weighted by Gasteiger charge is -2.37. The first-order chi connectivity index (χ1) is 13.9. The van der Waals surface area contributed by atoms with E-state index in [9.17, 15) is 9.18 Å². The summed E-state index contributed by atoms with van der Waals surface area (Å²) in [4.78, 5) is 16.4. The predicted octanol–water partition coefficient (Wildman–Crippen LogP) is 3.42. The summed E-state index contributed by atoms with van der Waals surface area (Å²) in [5.74, 6) is 0.516. The van der Waals surface area contributed by atoms with Gasteiger partial charge in [-0.2, -0.15) is 0 Å². The summed E-state index contributed by atoms with van der Waals surface area (Å²) in [7, 11) is 0. The maximum atomic E-state index is 14.0. The van der Waals surface area contributed by atoms with Gasteiger partial charge in [-0.15, -0.1) is 0 Å². The molecule has 2 N–H and O–H groups in total. The summed E-state index contributed by atoms with van der Waals surface area (Å²) in [6.45, 7) is 8.72. The minimum Gasteiger partial charge on any atom is -0.367 e. The molecule has 0 aromatic heterocycles. The molecule has 1 amide bonds. The van der Waals surface area contributed by atoms with E-state index < -0.39 is 6.10 Å². The van der Waals surface area contributed by atoms with Crippen LogP contribution in [0.4, 0.5) is 10.1 Å². The maximum absolute atomic E-state index is 14.0. The van der Waals surface area contributed by atoms with Crippen molar-refractivity contribution in [1.82, 2.24) is 4.90 Å². The number of amides is 1. The third-order valence-electron chi connectivity index (χ3n) is 6.44. The Bertz CT molecular complexity index is 653. The van der Waals surface area contributed by atoms with Crippen LogP contribution in [-0.4, -0.2) is 55.7 Å². The first-order valence-electron chi connectivity index (χ1n) is 11.1. The fraction of sp³-hybridized carbons (Fsp3) is 0.696. The molecule has 1 atom stereocenters. The van der Waals surface area contributed by atoms with Gasteiger partial charge in [-0.05, 0) is 63.6 Å². The molecule has 1 saturated heterocycles. The standard InChI is InChI=1S/C23H36FN3O2/c1-17(2)29-22(23(25)28)19-9-7-18(8-10-19)11-12-26-13-15-27(16-14-26)21-6-4-3-5-20(21)24/h3-6,17-19,22H,7-16H2,1-2H3,(H2,25,28). The molecule has 1 aromatic carbocycles. The van der Waals surface area contributed by atoms with Crippen LogP contribution in [0.15, 0.2) is 24.3 Å². The predicted molar refractivity (Wildman–Crippen MR) is 114 cm³/mol. The molecule has 2 fully saturated rings. The normalized spacial score (nSPS) is 24.6. The molecule has 29 heavy (non-hydrogen) atoms. The Morgan fingerprint density at radius 2 is 1.79 bits per heavy atom. The number of benzene rings is 1. The molecular formula is C23H36FN3O2. The molecule has 0 radical (unpaired) electrons. The topological polar surface area (TPSA) is 58.8 Å². The van der Waals surface area contributed by atoms with Crippen LogP contribution in [0.3, 0.4) is 0 Å². The molecule has 1 unspecified atom stereocenters. The SMILES string of the molecule is CC(C)OC(C(N)=O)C1CCC(CCN2CCN(c3ccccc3F)CC2)CC1. The molecule has 1 saturated carbocycles. The molecule has 5 nitrogen and oxygen atoms in total. The van der Waals surface area contributed by atoms with Crippen LogP contribution < -0.4 is 10.6 Å². The number of nitrogens with zero attached hydrogens (tertiary/aromatic N) is 2. The van der Waals surface area contributed by atoms with Gasteiger partial charge in [-0.1, -0.05) is 25.0 Å². The number of hydrogen-bond acceptors (Lipinski definition) is 4. The number of rotatable bonds is 8. The highest BCUT2D eigenvalue weighted by Crippen LogP contribution is 2.34. The van der Waals surface area contributed by atoms with Crippen molar-refractivity contribution in [3.05, 3.63) is 30.1 Å². The molecule has 0 spiro atoms. The minimum absolute atomic E-state index is 0.0215. The van der Waals surface area contributed by atoms with E-state index in [-0.39, 0.29) is 23.7 Å². The van der Waals surface area contributed by atoms with Gasteiger partial charge in [0, 0.05) is 26.2 Å². The van der Waals surface area contributed by atoms with Crippen molar-refractivity contribution in [2.24, 2.45) is 17.6 Å². The van der Waals surface area contributed by atoms with Crippen molar-refractivity contribution < 1.29 is 13.9 Å². The second-order valence-electron chi connectivity index (χ2n) is 8.86. The average Bonchev–Trinajstić information content (AvgIpc) is 2.71. The van der Waals surface area contributed by atoms with E-state index in [1.807, 2.05) is 26.0 Å². The first kappa shape index (κ1) is 22.0. The smallest absolute Gasteiger partial charge is 0.246 e. The highest BCUT2D eigenvalue weighted by molar-refractivity contribution is 5.79. The Labute approximate surface area is 174 Å². The van der Waals surface area contributed by atoms with Gasteiger partial charge in [0.05, 0.1) is 11.8 Å². The van der Waals surface area contributed by atoms with Crippen LogP contribution in [0.5, 0.6) is 0 Å². The first-order valence-corrected chi connectivity index (χ1v) is 11.1. The monoisotopic (exact) mass is 405 g/mol. The number of anilines is 1. The van der Waals surface area contributed by atoms with Crippen LogP contribution in [-0.2, 0) is 9.53 Å². The minimum atomic E-state index is -0.442. The fourth-order valence-corrected chi connectivity index (χ4v) is 4.77. The van der Waals surface area contributed by atoms with Gasteiger partial charge in [0.1, 0.15) is 11.9 Å². The number of ether oxygens (including phenoxy) is 1. The summed E-state index contributed by atoms with van der Waals surface area (Å²) in [6.07, 6.45) is 5.10. The van der Waals surface area contributed by atoms with E-state index in [2.05, 4.69) is 9.80 Å². The molecule has 1 aromatic rings. The summed E-state index contributed by atoms with van der Waals surface area (Å²) < 4.78 is 19.8. The number of primary amides is 1. The number of piperazine rings is 1. The van der Waals surface area contributed by atoms with Gasteiger partial charge in [0.15, 0.2) is 0 Å². The molecule has 6 heteroatoms. The highest BCUT2D eigenvalue weighted by Gasteiger charge is 2.32. The number of nitrogens with two attached hydrogens (primary N) is 1. The van der Waals surface area contributed by atoms with E-state index in [1.54, 1.807) is 6.07 Å². The van der Waals surface area contributed by atoms with E-state index in [0.29, 0.717) is 5.92 Å². The Balaban J connectivity index is 1.38. The second-order valence-corrected chi connectivity index (χ2v) is 8.86. The summed E-state index contributed by atoms with van der Waals surface area (Å²) in [6, 6.07) is 7.04. The average molecular weight is 406 g/mol. The van der Waals surface area contributed by atoms with Crippen molar-refractivity contribution in [3.8, 4) is 0 Å². The number of carbonyl (C=O) groups is 1.